The van der Waals surface area contributed by atoms with Gasteiger partial charge in [-0.15, -0.1) is 11.3 Å². The van der Waals surface area contributed by atoms with Gasteiger partial charge in [-0.1, -0.05) is 0 Å². The Morgan fingerprint density at radius 2 is 2.50 bits per heavy atom. The Bertz CT molecular complexity index is 583. The largest absolute Gasteiger partial charge is 0.469 e. The number of aromatic nitrogens is 2. The second-order valence-corrected chi connectivity index (χ2v) is 5.26. The van der Waals surface area contributed by atoms with Gasteiger partial charge >= 0.3 is 0 Å². The van der Waals surface area contributed by atoms with E-state index in [4.69, 9.17) is 4.42 Å². The second kappa shape index (κ2) is 4.96. The lowest BCUT2D eigenvalue weighted by atomic mass is 10.2. The van der Waals surface area contributed by atoms with Gasteiger partial charge in [0.2, 0.25) is 0 Å². The lowest BCUT2D eigenvalue weighted by Crippen LogP contribution is -2.27. The zero-order valence-corrected chi connectivity index (χ0v) is 11.0. The molecule has 0 bridgehead atoms. The standard InChI is InChI=1S/C13H15N3OS/c1-10(7-12-3-2-5-17-12)14-8-11-9-16-4-6-18-13(16)15-11/h2-6,9-10,14H,7-8H2,1H3. The van der Waals surface area contributed by atoms with Crippen LogP contribution < -0.4 is 5.32 Å². The molecule has 0 aliphatic heterocycles. The van der Waals surface area contributed by atoms with Crippen molar-refractivity contribution < 1.29 is 4.42 Å². The molecule has 1 atom stereocenters. The predicted molar refractivity (Wildman–Crippen MR) is 71.8 cm³/mol. The first-order chi connectivity index (χ1) is 8.81. The molecule has 0 fully saturated rings. The molecule has 3 aromatic rings. The highest BCUT2D eigenvalue weighted by Gasteiger charge is 2.07. The second-order valence-electron chi connectivity index (χ2n) is 4.39. The highest BCUT2D eigenvalue weighted by atomic mass is 32.1. The Labute approximate surface area is 109 Å². The fourth-order valence-corrected chi connectivity index (χ4v) is 2.66. The average molecular weight is 261 g/mol. The number of hydrogen-bond acceptors (Lipinski definition) is 4. The molecule has 4 nitrogen and oxygen atoms in total. The summed E-state index contributed by atoms with van der Waals surface area (Å²) < 4.78 is 7.39. The molecule has 0 spiro atoms. The molecule has 0 radical (unpaired) electrons. The SMILES string of the molecule is CC(Cc1ccco1)NCc1cn2ccsc2n1. The van der Waals surface area contributed by atoms with Crippen molar-refractivity contribution in [1.29, 1.82) is 0 Å². The highest BCUT2D eigenvalue weighted by molar-refractivity contribution is 7.15. The summed E-state index contributed by atoms with van der Waals surface area (Å²) in [6.45, 7) is 2.94. The molecule has 3 heterocycles. The smallest absolute Gasteiger partial charge is 0.193 e. The van der Waals surface area contributed by atoms with E-state index in [9.17, 15) is 0 Å². The van der Waals surface area contributed by atoms with Crippen molar-refractivity contribution >= 4 is 16.3 Å². The van der Waals surface area contributed by atoms with Crippen LogP contribution in [0.3, 0.4) is 0 Å². The lowest BCUT2D eigenvalue weighted by Gasteiger charge is -2.10. The van der Waals surface area contributed by atoms with E-state index >= 15 is 0 Å². The molecule has 3 aromatic heterocycles. The van der Waals surface area contributed by atoms with E-state index < -0.39 is 0 Å². The first kappa shape index (κ1) is 11.5. The van der Waals surface area contributed by atoms with Crippen molar-refractivity contribution in [2.75, 3.05) is 0 Å². The van der Waals surface area contributed by atoms with Crippen LogP contribution in [0.15, 0.2) is 40.6 Å². The number of imidazole rings is 1. The van der Waals surface area contributed by atoms with Crippen molar-refractivity contribution in [3.8, 4) is 0 Å². The maximum atomic E-state index is 5.33. The van der Waals surface area contributed by atoms with Crippen molar-refractivity contribution in [1.82, 2.24) is 14.7 Å². The number of nitrogens with one attached hydrogen (secondary N) is 1. The van der Waals surface area contributed by atoms with Gasteiger partial charge in [0.05, 0.1) is 12.0 Å². The van der Waals surface area contributed by atoms with Crippen LogP contribution in [0.5, 0.6) is 0 Å². The number of nitrogens with zero attached hydrogens (tertiary/aromatic N) is 2. The molecule has 5 heteroatoms. The number of furan rings is 1. The fraction of sp³-hybridized carbons (Fsp3) is 0.308. The molecule has 0 amide bonds. The number of hydrogen-bond donors (Lipinski definition) is 1. The van der Waals surface area contributed by atoms with Crippen molar-refractivity contribution in [3.05, 3.63) is 47.6 Å². The van der Waals surface area contributed by atoms with E-state index in [1.807, 2.05) is 23.7 Å². The summed E-state index contributed by atoms with van der Waals surface area (Å²) in [6.07, 6.45) is 6.71. The maximum Gasteiger partial charge on any atom is 0.193 e. The van der Waals surface area contributed by atoms with Gasteiger partial charge in [0.25, 0.3) is 0 Å². The number of thiazole rings is 1. The van der Waals surface area contributed by atoms with E-state index in [1.54, 1.807) is 17.6 Å². The van der Waals surface area contributed by atoms with Gasteiger partial charge in [-0.3, -0.25) is 4.40 Å². The van der Waals surface area contributed by atoms with Crippen molar-refractivity contribution in [2.45, 2.75) is 25.9 Å². The molecular formula is C13H15N3OS. The number of fused-ring (bicyclic) bond motifs is 1. The fourth-order valence-electron chi connectivity index (χ4n) is 1.94. The van der Waals surface area contributed by atoms with Crippen molar-refractivity contribution in [2.24, 2.45) is 0 Å². The first-order valence-corrected chi connectivity index (χ1v) is 6.86. The Balaban J connectivity index is 1.56. The molecule has 3 rings (SSSR count). The summed E-state index contributed by atoms with van der Waals surface area (Å²) in [5, 5.41) is 5.50. The van der Waals surface area contributed by atoms with Crippen LogP contribution in [-0.2, 0) is 13.0 Å². The summed E-state index contributed by atoms with van der Waals surface area (Å²) in [4.78, 5) is 5.58. The molecule has 18 heavy (non-hydrogen) atoms. The third kappa shape index (κ3) is 2.47. The summed E-state index contributed by atoms with van der Waals surface area (Å²) >= 11 is 1.66. The Morgan fingerprint density at radius 1 is 1.56 bits per heavy atom. The van der Waals surface area contributed by atoms with Crippen LogP contribution in [0.25, 0.3) is 4.96 Å². The molecule has 1 unspecified atom stereocenters. The molecule has 1 N–H and O–H groups in total. The Kier molecular flexibility index (Phi) is 3.17. The van der Waals surface area contributed by atoms with Gasteiger partial charge < -0.3 is 9.73 Å². The molecule has 0 aliphatic rings. The third-order valence-electron chi connectivity index (χ3n) is 2.86. The van der Waals surface area contributed by atoms with Gasteiger partial charge in [0, 0.05) is 36.8 Å². The molecular weight excluding hydrogens is 246 g/mol. The topological polar surface area (TPSA) is 42.5 Å². The van der Waals surface area contributed by atoms with Crippen LogP contribution in [-0.4, -0.2) is 15.4 Å². The van der Waals surface area contributed by atoms with Crippen LogP contribution in [0, 0.1) is 0 Å². The van der Waals surface area contributed by atoms with E-state index in [1.165, 1.54) is 0 Å². The van der Waals surface area contributed by atoms with Crippen molar-refractivity contribution in [3.63, 3.8) is 0 Å². The Hall–Kier alpha value is -1.59. The van der Waals surface area contributed by atoms with E-state index in [0.717, 1.165) is 29.4 Å². The summed E-state index contributed by atoms with van der Waals surface area (Å²) in [5.74, 6) is 1.01. The maximum absolute atomic E-state index is 5.33. The molecule has 0 aromatic carbocycles. The van der Waals surface area contributed by atoms with E-state index in [-0.39, 0.29) is 0 Å². The van der Waals surface area contributed by atoms with Crippen LogP contribution in [0.2, 0.25) is 0 Å². The normalized spacial score (nSPS) is 13.2. The average Bonchev–Trinajstić information content (AvgIpc) is 3.01. The molecule has 0 saturated carbocycles. The van der Waals surface area contributed by atoms with Gasteiger partial charge in [0.1, 0.15) is 5.76 Å². The van der Waals surface area contributed by atoms with Gasteiger partial charge in [-0.2, -0.15) is 0 Å². The molecule has 0 saturated heterocycles. The molecule has 0 aliphatic carbocycles. The zero-order valence-electron chi connectivity index (χ0n) is 10.2. The summed E-state index contributed by atoms with van der Waals surface area (Å²) in [5.41, 5.74) is 1.08. The van der Waals surface area contributed by atoms with Gasteiger partial charge in [-0.25, -0.2) is 4.98 Å². The van der Waals surface area contributed by atoms with E-state index in [0.29, 0.717) is 6.04 Å². The zero-order chi connectivity index (χ0) is 12.4. The minimum atomic E-state index is 0.371. The minimum Gasteiger partial charge on any atom is -0.469 e. The Morgan fingerprint density at radius 3 is 3.28 bits per heavy atom. The third-order valence-corrected chi connectivity index (χ3v) is 3.63. The number of rotatable bonds is 5. The lowest BCUT2D eigenvalue weighted by molar-refractivity contribution is 0.455. The monoisotopic (exact) mass is 261 g/mol. The van der Waals surface area contributed by atoms with Crippen LogP contribution in [0.4, 0.5) is 0 Å². The van der Waals surface area contributed by atoms with Gasteiger partial charge in [0.15, 0.2) is 4.96 Å². The minimum absolute atomic E-state index is 0.371. The highest BCUT2D eigenvalue weighted by Crippen LogP contribution is 2.11. The van der Waals surface area contributed by atoms with Gasteiger partial charge in [-0.05, 0) is 19.1 Å². The predicted octanol–water partition coefficient (Wildman–Crippen LogP) is 2.71. The first-order valence-electron chi connectivity index (χ1n) is 5.98. The van der Waals surface area contributed by atoms with E-state index in [2.05, 4.69) is 27.8 Å². The quantitative estimate of drug-likeness (QED) is 0.768. The summed E-state index contributed by atoms with van der Waals surface area (Å²) in [6, 6.07) is 4.30. The van der Waals surface area contributed by atoms with Crippen LogP contribution in [0.1, 0.15) is 18.4 Å². The summed E-state index contributed by atoms with van der Waals surface area (Å²) in [7, 11) is 0. The molecule has 94 valence electrons. The van der Waals surface area contributed by atoms with Crippen LogP contribution >= 0.6 is 11.3 Å².